The van der Waals surface area contributed by atoms with Crippen molar-refractivity contribution in [2.45, 2.75) is 45.2 Å². The van der Waals surface area contributed by atoms with Gasteiger partial charge in [-0.3, -0.25) is 10.1 Å². The molecule has 1 aliphatic heterocycles. The predicted molar refractivity (Wildman–Crippen MR) is 73.6 cm³/mol. The lowest BCUT2D eigenvalue weighted by Gasteiger charge is -2.24. The van der Waals surface area contributed by atoms with Crippen LogP contribution < -0.4 is 5.32 Å². The summed E-state index contributed by atoms with van der Waals surface area (Å²) in [5.74, 6) is 0.225. The minimum Gasteiger partial charge on any atom is -0.341 e. The van der Waals surface area contributed by atoms with Crippen molar-refractivity contribution in [2.75, 3.05) is 13.1 Å². The van der Waals surface area contributed by atoms with Gasteiger partial charge in [-0.15, -0.1) is 11.3 Å². The van der Waals surface area contributed by atoms with Gasteiger partial charge in [-0.05, 0) is 26.2 Å². The number of hydrogen-bond acceptors (Lipinski definition) is 4. The molecule has 1 aromatic heterocycles. The molecule has 1 saturated heterocycles. The van der Waals surface area contributed by atoms with Gasteiger partial charge in [0.05, 0.1) is 12.1 Å². The molecule has 2 unspecified atom stereocenters. The lowest BCUT2D eigenvalue weighted by atomic mass is 10.2. The third-order valence-electron chi connectivity index (χ3n) is 3.40. The average molecular weight is 267 g/mol. The number of amides is 1. The van der Waals surface area contributed by atoms with Gasteiger partial charge in [-0.2, -0.15) is 0 Å². The van der Waals surface area contributed by atoms with E-state index >= 15 is 0 Å². The largest absolute Gasteiger partial charge is 0.341 e. The van der Waals surface area contributed by atoms with Crippen LogP contribution in [0.5, 0.6) is 0 Å². The Morgan fingerprint density at radius 3 is 2.83 bits per heavy atom. The van der Waals surface area contributed by atoms with Crippen LogP contribution in [-0.2, 0) is 4.79 Å². The molecule has 0 bridgehead atoms. The van der Waals surface area contributed by atoms with Gasteiger partial charge in [-0.1, -0.05) is 6.92 Å². The van der Waals surface area contributed by atoms with Gasteiger partial charge in [0.15, 0.2) is 0 Å². The molecule has 2 heterocycles. The number of nitrogens with zero attached hydrogens (tertiary/aromatic N) is 2. The summed E-state index contributed by atoms with van der Waals surface area (Å²) in [5, 5.41) is 6.45. The van der Waals surface area contributed by atoms with Crippen molar-refractivity contribution in [3.63, 3.8) is 0 Å². The highest BCUT2D eigenvalue weighted by atomic mass is 32.1. The molecule has 0 radical (unpaired) electrons. The number of nitrogens with one attached hydrogen (secondary N) is 1. The summed E-state index contributed by atoms with van der Waals surface area (Å²) in [6, 6.07) is 0.0588. The fourth-order valence-electron chi connectivity index (χ4n) is 2.35. The molecular formula is C13H21N3OS. The summed E-state index contributed by atoms with van der Waals surface area (Å²) >= 11 is 1.64. The van der Waals surface area contributed by atoms with E-state index in [4.69, 9.17) is 0 Å². The van der Waals surface area contributed by atoms with E-state index < -0.39 is 0 Å². The molecule has 1 fully saturated rings. The van der Waals surface area contributed by atoms with Crippen LogP contribution in [0.3, 0.4) is 0 Å². The molecule has 2 rings (SSSR count). The van der Waals surface area contributed by atoms with Crippen molar-refractivity contribution in [2.24, 2.45) is 0 Å². The van der Waals surface area contributed by atoms with Crippen LogP contribution in [0.1, 0.15) is 44.2 Å². The number of hydrogen-bond donors (Lipinski definition) is 1. The predicted octanol–water partition coefficient (Wildman–Crippen LogP) is 2.19. The van der Waals surface area contributed by atoms with Crippen LogP contribution in [0.25, 0.3) is 0 Å². The zero-order chi connectivity index (χ0) is 13.0. The normalized spacial score (nSPS) is 18.9. The molecule has 1 N–H and O–H groups in total. The standard InChI is InChI=1S/C13H21N3OS/c1-3-11(12-14-6-9-18-12)15-10(2)13(17)16-7-4-5-8-16/h6,9-11,15H,3-5,7-8H2,1-2H3. The minimum atomic E-state index is -0.128. The van der Waals surface area contributed by atoms with E-state index in [1.165, 1.54) is 0 Å². The first-order valence-corrected chi connectivity index (χ1v) is 7.54. The quantitative estimate of drug-likeness (QED) is 0.889. The number of thiazole rings is 1. The molecule has 0 spiro atoms. The van der Waals surface area contributed by atoms with E-state index in [1.807, 2.05) is 23.4 Å². The lowest BCUT2D eigenvalue weighted by Crippen LogP contribution is -2.44. The molecule has 18 heavy (non-hydrogen) atoms. The van der Waals surface area contributed by atoms with Gasteiger partial charge in [0.1, 0.15) is 5.01 Å². The van der Waals surface area contributed by atoms with Crippen molar-refractivity contribution in [3.8, 4) is 0 Å². The SMILES string of the molecule is CCC(NC(C)C(=O)N1CCCC1)c1nccs1. The Labute approximate surface area is 112 Å². The van der Waals surface area contributed by atoms with Crippen LogP contribution >= 0.6 is 11.3 Å². The fourth-order valence-corrected chi connectivity index (χ4v) is 3.14. The smallest absolute Gasteiger partial charge is 0.239 e. The Kier molecular flexibility index (Phi) is 4.72. The van der Waals surface area contributed by atoms with Gasteiger partial charge in [0.2, 0.25) is 5.91 Å². The second kappa shape index (κ2) is 6.29. The van der Waals surface area contributed by atoms with Crippen molar-refractivity contribution < 1.29 is 4.79 Å². The fraction of sp³-hybridized carbons (Fsp3) is 0.692. The first-order chi connectivity index (χ1) is 8.72. The topological polar surface area (TPSA) is 45.2 Å². The lowest BCUT2D eigenvalue weighted by molar-refractivity contribution is -0.132. The highest BCUT2D eigenvalue weighted by molar-refractivity contribution is 7.09. The molecule has 2 atom stereocenters. The van der Waals surface area contributed by atoms with E-state index in [-0.39, 0.29) is 18.0 Å². The van der Waals surface area contributed by atoms with Crippen LogP contribution in [0, 0.1) is 0 Å². The average Bonchev–Trinajstić information content (AvgIpc) is 3.06. The molecule has 1 aliphatic rings. The Hall–Kier alpha value is -0.940. The van der Waals surface area contributed by atoms with E-state index in [2.05, 4.69) is 17.2 Å². The molecule has 0 saturated carbocycles. The molecule has 5 heteroatoms. The van der Waals surface area contributed by atoms with Gasteiger partial charge in [-0.25, -0.2) is 4.98 Å². The molecule has 4 nitrogen and oxygen atoms in total. The molecule has 100 valence electrons. The Morgan fingerprint density at radius 2 is 2.28 bits per heavy atom. The number of rotatable bonds is 5. The maximum Gasteiger partial charge on any atom is 0.239 e. The number of likely N-dealkylation sites (tertiary alicyclic amines) is 1. The monoisotopic (exact) mass is 267 g/mol. The zero-order valence-corrected chi connectivity index (χ0v) is 11.9. The number of aromatic nitrogens is 1. The third-order valence-corrected chi connectivity index (χ3v) is 4.29. The van der Waals surface area contributed by atoms with Crippen LogP contribution in [-0.4, -0.2) is 34.9 Å². The van der Waals surface area contributed by atoms with Crippen molar-refractivity contribution in [1.29, 1.82) is 0 Å². The molecule has 0 aromatic carbocycles. The maximum atomic E-state index is 12.2. The van der Waals surface area contributed by atoms with Gasteiger partial charge >= 0.3 is 0 Å². The van der Waals surface area contributed by atoms with Crippen LogP contribution in [0.4, 0.5) is 0 Å². The first-order valence-electron chi connectivity index (χ1n) is 6.66. The Morgan fingerprint density at radius 1 is 1.56 bits per heavy atom. The summed E-state index contributed by atoms with van der Waals surface area (Å²) in [6.07, 6.45) is 5.05. The molecule has 1 amide bonds. The third kappa shape index (κ3) is 3.09. The van der Waals surface area contributed by atoms with Crippen molar-refractivity contribution in [1.82, 2.24) is 15.2 Å². The minimum absolute atomic E-state index is 0.128. The molecular weight excluding hydrogens is 246 g/mol. The highest BCUT2D eigenvalue weighted by Gasteiger charge is 2.25. The Balaban J connectivity index is 1.92. The van der Waals surface area contributed by atoms with Gasteiger partial charge in [0, 0.05) is 24.7 Å². The second-order valence-corrected chi connectivity index (χ2v) is 5.68. The summed E-state index contributed by atoms with van der Waals surface area (Å²) in [7, 11) is 0. The molecule has 1 aromatic rings. The van der Waals surface area contributed by atoms with E-state index in [0.29, 0.717) is 0 Å². The van der Waals surface area contributed by atoms with Crippen LogP contribution in [0.2, 0.25) is 0 Å². The van der Waals surface area contributed by atoms with E-state index in [1.54, 1.807) is 11.3 Å². The molecule has 0 aliphatic carbocycles. The van der Waals surface area contributed by atoms with Crippen molar-refractivity contribution in [3.05, 3.63) is 16.6 Å². The highest BCUT2D eigenvalue weighted by Crippen LogP contribution is 2.20. The first kappa shape index (κ1) is 13.5. The van der Waals surface area contributed by atoms with E-state index in [9.17, 15) is 4.79 Å². The summed E-state index contributed by atoms with van der Waals surface area (Å²) in [6.45, 7) is 5.90. The maximum absolute atomic E-state index is 12.2. The zero-order valence-electron chi connectivity index (χ0n) is 11.1. The number of carbonyl (C=O) groups is 1. The summed E-state index contributed by atoms with van der Waals surface area (Å²) < 4.78 is 0. The Bertz CT molecular complexity index is 374. The second-order valence-electron chi connectivity index (χ2n) is 4.75. The van der Waals surface area contributed by atoms with E-state index in [0.717, 1.165) is 37.4 Å². The van der Waals surface area contributed by atoms with Crippen molar-refractivity contribution >= 4 is 17.2 Å². The van der Waals surface area contributed by atoms with Gasteiger partial charge < -0.3 is 4.90 Å². The number of carbonyl (C=O) groups excluding carboxylic acids is 1. The summed E-state index contributed by atoms with van der Waals surface area (Å²) in [4.78, 5) is 18.5. The van der Waals surface area contributed by atoms with Crippen LogP contribution in [0.15, 0.2) is 11.6 Å². The van der Waals surface area contributed by atoms with Gasteiger partial charge in [0.25, 0.3) is 0 Å². The summed E-state index contributed by atoms with van der Waals surface area (Å²) in [5.41, 5.74) is 0.